The van der Waals surface area contributed by atoms with E-state index < -0.39 is 9.05 Å². The van der Waals surface area contributed by atoms with Gasteiger partial charge in [-0.25, -0.2) is 8.42 Å². The van der Waals surface area contributed by atoms with Gasteiger partial charge in [0.05, 0.1) is 4.91 Å². The molecule has 0 amide bonds. The van der Waals surface area contributed by atoms with Gasteiger partial charge in [-0.2, -0.15) is 0 Å². The predicted octanol–water partition coefficient (Wildman–Crippen LogP) is 1.23. The first kappa shape index (κ1) is 6.11. The van der Waals surface area contributed by atoms with Crippen LogP contribution in [0.25, 0.3) is 0 Å². The molecule has 0 aromatic carbocycles. The molecule has 0 saturated heterocycles. The highest BCUT2D eigenvalue weighted by molar-refractivity contribution is 8.16. The Morgan fingerprint density at radius 3 is 2.12 bits per heavy atom. The minimum absolute atomic E-state index is 0.374. The summed E-state index contributed by atoms with van der Waals surface area (Å²) in [6.07, 6.45) is 3.09. The molecular weight excluding hydrogens is 148 g/mol. The number of halogens is 1. The van der Waals surface area contributed by atoms with Gasteiger partial charge < -0.3 is 0 Å². The summed E-state index contributed by atoms with van der Waals surface area (Å²) in [6.45, 7) is 0. The second kappa shape index (κ2) is 1.74. The van der Waals surface area contributed by atoms with Crippen molar-refractivity contribution < 1.29 is 8.42 Å². The van der Waals surface area contributed by atoms with Crippen LogP contribution in [-0.4, -0.2) is 8.42 Å². The van der Waals surface area contributed by atoms with E-state index in [0.717, 1.165) is 6.42 Å². The Labute approximate surface area is 52.6 Å². The standard InChI is InChI=1S/C4H5ClO2S/c5-8(6,7)4-2-1-3-4/h2H,1,3H2. The molecule has 0 aliphatic heterocycles. The molecule has 0 bridgehead atoms. The highest BCUT2D eigenvalue weighted by Crippen LogP contribution is 2.26. The Hall–Kier alpha value is -0.0200. The van der Waals surface area contributed by atoms with Crippen LogP contribution in [-0.2, 0) is 9.05 Å². The minimum atomic E-state index is -3.33. The average Bonchev–Trinajstić information content (AvgIpc) is 1.16. The van der Waals surface area contributed by atoms with Crippen molar-refractivity contribution in [3.8, 4) is 0 Å². The van der Waals surface area contributed by atoms with Gasteiger partial charge in [0.25, 0.3) is 9.05 Å². The van der Waals surface area contributed by atoms with E-state index in [0.29, 0.717) is 11.3 Å². The van der Waals surface area contributed by atoms with E-state index in [1.165, 1.54) is 0 Å². The number of allylic oxidation sites excluding steroid dienone is 2. The molecule has 0 aromatic rings. The van der Waals surface area contributed by atoms with Gasteiger partial charge in [-0.05, 0) is 12.8 Å². The van der Waals surface area contributed by atoms with Gasteiger partial charge in [0, 0.05) is 10.7 Å². The molecule has 0 aromatic heterocycles. The predicted molar refractivity (Wildman–Crippen MR) is 32.1 cm³/mol. The molecular formula is C4H5ClO2S. The molecule has 0 N–H and O–H groups in total. The molecule has 0 unspecified atom stereocenters. The van der Waals surface area contributed by atoms with Crippen LogP contribution in [0.2, 0.25) is 0 Å². The van der Waals surface area contributed by atoms with Crippen molar-refractivity contribution in [3.05, 3.63) is 11.0 Å². The van der Waals surface area contributed by atoms with E-state index in [1.807, 2.05) is 0 Å². The molecule has 0 heterocycles. The van der Waals surface area contributed by atoms with Gasteiger partial charge in [-0.1, -0.05) is 6.08 Å². The summed E-state index contributed by atoms with van der Waals surface area (Å²) in [4.78, 5) is 0.374. The van der Waals surface area contributed by atoms with E-state index in [-0.39, 0.29) is 0 Å². The molecule has 0 fully saturated rings. The van der Waals surface area contributed by atoms with Crippen molar-refractivity contribution in [3.63, 3.8) is 0 Å². The Kier molecular flexibility index (Phi) is 1.33. The molecule has 4 heteroatoms. The molecule has 2 nitrogen and oxygen atoms in total. The van der Waals surface area contributed by atoms with Gasteiger partial charge in [0.2, 0.25) is 0 Å². The SMILES string of the molecule is O=S(=O)(Cl)C1=CCC1. The summed E-state index contributed by atoms with van der Waals surface area (Å²) in [5.41, 5.74) is 0. The normalized spacial score (nSPS) is 19.4. The summed E-state index contributed by atoms with van der Waals surface area (Å²) in [7, 11) is 1.61. The fourth-order valence-corrected chi connectivity index (χ4v) is 1.58. The highest BCUT2D eigenvalue weighted by atomic mass is 35.7. The van der Waals surface area contributed by atoms with E-state index in [2.05, 4.69) is 0 Å². The maximum atomic E-state index is 10.3. The van der Waals surface area contributed by atoms with E-state index in [9.17, 15) is 8.42 Å². The summed E-state index contributed by atoms with van der Waals surface area (Å²) in [5, 5.41) is 0. The van der Waals surface area contributed by atoms with Gasteiger partial charge in [0.1, 0.15) is 0 Å². The van der Waals surface area contributed by atoms with Gasteiger partial charge in [-0.3, -0.25) is 0 Å². The second-order valence-corrected chi connectivity index (χ2v) is 4.27. The van der Waals surface area contributed by atoms with Crippen molar-refractivity contribution in [2.45, 2.75) is 12.8 Å². The topological polar surface area (TPSA) is 34.1 Å². The third-order valence-electron chi connectivity index (χ3n) is 1.08. The Balaban J connectivity index is 2.91. The zero-order chi connectivity index (χ0) is 6.20. The molecule has 0 radical (unpaired) electrons. The van der Waals surface area contributed by atoms with Crippen molar-refractivity contribution in [1.29, 1.82) is 0 Å². The van der Waals surface area contributed by atoms with Gasteiger partial charge in [-0.15, -0.1) is 0 Å². The van der Waals surface area contributed by atoms with Crippen LogP contribution in [0.5, 0.6) is 0 Å². The van der Waals surface area contributed by atoms with Gasteiger partial charge in [0.15, 0.2) is 0 Å². The quantitative estimate of drug-likeness (QED) is 0.530. The zero-order valence-electron chi connectivity index (χ0n) is 4.09. The van der Waals surface area contributed by atoms with Crippen molar-refractivity contribution in [2.75, 3.05) is 0 Å². The molecule has 0 atom stereocenters. The lowest BCUT2D eigenvalue weighted by atomic mass is 10.1. The Bertz CT molecular complexity index is 214. The third kappa shape index (κ3) is 1.03. The van der Waals surface area contributed by atoms with E-state index >= 15 is 0 Å². The number of hydrogen-bond acceptors (Lipinski definition) is 2. The van der Waals surface area contributed by atoms with Crippen LogP contribution in [0.3, 0.4) is 0 Å². The Morgan fingerprint density at radius 2 is 2.12 bits per heavy atom. The van der Waals surface area contributed by atoms with Crippen LogP contribution < -0.4 is 0 Å². The molecule has 1 aliphatic rings. The van der Waals surface area contributed by atoms with Crippen LogP contribution in [0.1, 0.15) is 12.8 Å². The maximum absolute atomic E-state index is 10.3. The minimum Gasteiger partial charge on any atom is -0.207 e. The van der Waals surface area contributed by atoms with Crippen LogP contribution in [0.4, 0.5) is 0 Å². The molecule has 1 aliphatic carbocycles. The fraction of sp³-hybridized carbons (Fsp3) is 0.500. The summed E-state index contributed by atoms with van der Waals surface area (Å²) in [6, 6.07) is 0. The Morgan fingerprint density at radius 1 is 1.62 bits per heavy atom. The summed E-state index contributed by atoms with van der Waals surface area (Å²) >= 11 is 0. The molecule has 46 valence electrons. The number of hydrogen-bond donors (Lipinski definition) is 0. The zero-order valence-corrected chi connectivity index (χ0v) is 5.67. The lowest BCUT2D eigenvalue weighted by Gasteiger charge is -2.08. The van der Waals surface area contributed by atoms with E-state index in [1.54, 1.807) is 6.08 Å². The van der Waals surface area contributed by atoms with Crippen LogP contribution >= 0.6 is 10.7 Å². The molecule has 1 rings (SSSR count). The van der Waals surface area contributed by atoms with Crippen molar-refractivity contribution in [1.82, 2.24) is 0 Å². The van der Waals surface area contributed by atoms with E-state index in [4.69, 9.17) is 10.7 Å². The lowest BCUT2D eigenvalue weighted by molar-refractivity contribution is 0.610. The summed E-state index contributed by atoms with van der Waals surface area (Å²) < 4.78 is 20.6. The molecule has 0 spiro atoms. The highest BCUT2D eigenvalue weighted by Gasteiger charge is 2.17. The summed E-state index contributed by atoms with van der Waals surface area (Å²) in [5.74, 6) is 0. The average molecular weight is 153 g/mol. The first-order valence-electron chi connectivity index (χ1n) is 2.24. The smallest absolute Gasteiger partial charge is 0.207 e. The molecule has 0 saturated carbocycles. The van der Waals surface area contributed by atoms with Crippen LogP contribution in [0.15, 0.2) is 11.0 Å². The monoisotopic (exact) mass is 152 g/mol. The van der Waals surface area contributed by atoms with Crippen molar-refractivity contribution >= 4 is 19.7 Å². The van der Waals surface area contributed by atoms with Crippen molar-refractivity contribution in [2.24, 2.45) is 0 Å². The number of rotatable bonds is 1. The second-order valence-electron chi connectivity index (χ2n) is 1.65. The first-order valence-corrected chi connectivity index (χ1v) is 4.55. The van der Waals surface area contributed by atoms with Crippen LogP contribution in [0, 0.1) is 0 Å². The maximum Gasteiger partial charge on any atom is 0.257 e. The molecule has 8 heavy (non-hydrogen) atoms. The third-order valence-corrected chi connectivity index (χ3v) is 2.67. The fourth-order valence-electron chi connectivity index (χ4n) is 0.484. The first-order chi connectivity index (χ1) is 3.61. The largest absolute Gasteiger partial charge is 0.257 e. The lowest BCUT2D eigenvalue weighted by Crippen LogP contribution is -2.01. The van der Waals surface area contributed by atoms with Gasteiger partial charge >= 0.3 is 0 Å².